The van der Waals surface area contributed by atoms with E-state index in [0.717, 1.165) is 11.3 Å². The molecule has 0 aliphatic carbocycles. The SMILES string of the molecule is COC(=O)c1cn(-c2cc(Cl)ccc2C)nn1. The van der Waals surface area contributed by atoms with Crippen LogP contribution in [-0.2, 0) is 4.74 Å². The summed E-state index contributed by atoms with van der Waals surface area (Å²) in [6.45, 7) is 1.92. The lowest BCUT2D eigenvalue weighted by Gasteiger charge is -2.04. The minimum Gasteiger partial charge on any atom is -0.464 e. The van der Waals surface area contributed by atoms with Gasteiger partial charge in [-0.05, 0) is 24.6 Å². The quantitative estimate of drug-likeness (QED) is 0.766. The number of aryl methyl sites for hydroxylation is 1. The van der Waals surface area contributed by atoms with Crippen molar-refractivity contribution in [3.63, 3.8) is 0 Å². The van der Waals surface area contributed by atoms with Crippen molar-refractivity contribution in [3.8, 4) is 5.69 Å². The fourth-order valence-corrected chi connectivity index (χ4v) is 1.58. The number of carbonyl (C=O) groups excluding carboxylic acids is 1. The molecule has 6 heteroatoms. The smallest absolute Gasteiger partial charge is 0.360 e. The highest BCUT2D eigenvalue weighted by molar-refractivity contribution is 6.30. The normalized spacial score (nSPS) is 10.3. The van der Waals surface area contributed by atoms with Crippen LogP contribution in [0.5, 0.6) is 0 Å². The van der Waals surface area contributed by atoms with Gasteiger partial charge in [-0.1, -0.05) is 22.9 Å². The minimum atomic E-state index is -0.518. The average molecular weight is 252 g/mol. The number of hydrogen-bond donors (Lipinski definition) is 0. The molecule has 2 rings (SSSR count). The van der Waals surface area contributed by atoms with Crippen LogP contribution in [0.2, 0.25) is 5.02 Å². The number of nitrogens with zero attached hydrogens (tertiary/aromatic N) is 3. The second-order valence-electron chi connectivity index (χ2n) is 3.47. The van der Waals surface area contributed by atoms with E-state index in [-0.39, 0.29) is 5.69 Å². The molecule has 0 spiro atoms. The molecule has 1 aromatic carbocycles. The van der Waals surface area contributed by atoms with Gasteiger partial charge < -0.3 is 4.74 Å². The van der Waals surface area contributed by atoms with Gasteiger partial charge in [-0.25, -0.2) is 9.48 Å². The number of esters is 1. The molecule has 0 saturated carbocycles. The molecule has 88 valence electrons. The molecule has 2 aromatic rings. The molecule has 0 radical (unpaired) electrons. The number of aromatic nitrogens is 3. The average Bonchev–Trinajstić information content (AvgIpc) is 2.80. The molecule has 1 heterocycles. The van der Waals surface area contributed by atoms with Gasteiger partial charge in [0, 0.05) is 5.02 Å². The molecule has 0 amide bonds. The molecule has 0 unspecified atom stereocenters. The second-order valence-corrected chi connectivity index (χ2v) is 3.91. The Morgan fingerprint density at radius 1 is 1.47 bits per heavy atom. The fraction of sp³-hybridized carbons (Fsp3) is 0.182. The molecule has 0 aliphatic rings. The lowest BCUT2D eigenvalue weighted by molar-refractivity contribution is 0.0594. The highest BCUT2D eigenvalue weighted by Gasteiger charge is 2.12. The standard InChI is InChI=1S/C11H10ClN3O2/c1-7-3-4-8(12)5-10(7)15-6-9(13-14-15)11(16)17-2/h3-6H,1-2H3. The van der Waals surface area contributed by atoms with Crippen molar-refractivity contribution in [2.75, 3.05) is 7.11 Å². The van der Waals surface area contributed by atoms with Crippen LogP contribution in [0.25, 0.3) is 5.69 Å². The van der Waals surface area contributed by atoms with Crippen LogP contribution in [0.3, 0.4) is 0 Å². The molecule has 0 bridgehead atoms. The van der Waals surface area contributed by atoms with Crippen molar-refractivity contribution in [2.45, 2.75) is 6.92 Å². The van der Waals surface area contributed by atoms with Crippen LogP contribution >= 0.6 is 11.6 Å². The summed E-state index contributed by atoms with van der Waals surface area (Å²) in [7, 11) is 1.30. The van der Waals surface area contributed by atoms with Gasteiger partial charge in [0.2, 0.25) is 0 Å². The van der Waals surface area contributed by atoms with E-state index in [1.165, 1.54) is 18.0 Å². The number of hydrogen-bond acceptors (Lipinski definition) is 4. The fourth-order valence-electron chi connectivity index (χ4n) is 1.41. The molecular formula is C11H10ClN3O2. The molecule has 0 fully saturated rings. The Kier molecular flexibility index (Phi) is 3.10. The maximum Gasteiger partial charge on any atom is 0.360 e. The van der Waals surface area contributed by atoms with E-state index < -0.39 is 5.97 Å². The number of halogens is 1. The molecule has 1 aromatic heterocycles. The highest BCUT2D eigenvalue weighted by atomic mass is 35.5. The first kappa shape index (κ1) is 11.6. The Morgan fingerprint density at radius 2 is 2.24 bits per heavy atom. The molecule has 0 aliphatic heterocycles. The Labute approximate surface area is 103 Å². The van der Waals surface area contributed by atoms with Crippen LogP contribution in [0, 0.1) is 6.92 Å². The van der Waals surface area contributed by atoms with Gasteiger partial charge in [-0.2, -0.15) is 0 Å². The minimum absolute atomic E-state index is 0.159. The van der Waals surface area contributed by atoms with Crippen molar-refractivity contribution in [3.05, 3.63) is 40.7 Å². The summed E-state index contributed by atoms with van der Waals surface area (Å²) in [6.07, 6.45) is 1.50. The Balaban J connectivity index is 2.43. The summed E-state index contributed by atoms with van der Waals surface area (Å²) in [5, 5.41) is 8.19. The van der Waals surface area contributed by atoms with Crippen molar-refractivity contribution in [1.29, 1.82) is 0 Å². The van der Waals surface area contributed by atoms with Crippen LogP contribution in [0.1, 0.15) is 16.1 Å². The lowest BCUT2D eigenvalue weighted by atomic mass is 10.2. The van der Waals surface area contributed by atoms with Gasteiger partial charge in [-0.15, -0.1) is 5.10 Å². The highest BCUT2D eigenvalue weighted by Crippen LogP contribution is 2.18. The van der Waals surface area contributed by atoms with E-state index in [0.29, 0.717) is 5.02 Å². The van der Waals surface area contributed by atoms with Crippen molar-refractivity contribution < 1.29 is 9.53 Å². The van der Waals surface area contributed by atoms with Gasteiger partial charge in [0.05, 0.1) is 19.0 Å². The number of benzene rings is 1. The van der Waals surface area contributed by atoms with E-state index in [9.17, 15) is 4.79 Å². The van der Waals surface area contributed by atoms with Gasteiger partial charge in [0.15, 0.2) is 5.69 Å². The van der Waals surface area contributed by atoms with Crippen LogP contribution in [0.4, 0.5) is 0 Å². The van der Waals surface area contributed by atoms with Crippen molar-refractivity contribution in [2.24, 2.45) is 0 Å². The zero-order valence-corrected chi connectivity index (χ0v) is 10.1. The monoisotopic (exact) mass is 251 g/mol. The third-order valence-electron chi connectivity index (χ3n) is 2.31. The van der Waals surface area contributed by atoms with Gasteiger partial charge in [-0.3, -0.25) is 0 Å². The van der Waals surface area contributed by atoms with E-state index in [1.54, 1.807) is 12.1 Å². The van der Waals surface area contributed by atoms with E-state index in [1.807, 2.05) is 13.0 Å². The Morgan fingerprint density at radius 3 is 2.94 bits per heavy atom. The predicted octanol–water partition coefficient (Wildman–Crippen LogP) is 2.02. The predicted molar refractivity (Wildman–Crippen MR) is 62.4 cm³/mol. The van der Waals surface area contributed by atoms with Crippen LogP contribution in [-0.4, -0.2) is 28.1 Å². The second kappa shape index (κ2) is 4.55. The van der Waals surface area contributed by atoms with Crippen molar-refractivity contribution in [1.82, 2.24) is 15.0 Å². The molecule has 0 N–H and O–H groups in total. The summed E-state index contributed by atoms with van der Waals surface area (Å²) >= 11 is 5.91. The first-order valence-corrected chi connectivity index (χ1v) is 5.27. The number of methoxy groups -OCH3 is 1. The summed E-state index contributed by atoms with van der Waals surface area (Å²) in [5.74, 6) is -0.518. The van der Waals surface area contributed by atoms with Gasteiger partial charge >= 0.3 is 5.97 Å². The number of ether oxygens (including phenoxy) is 1. The number of rotatable bonds is 2. The molecular weight excluding hydrogens is 242 g/mol. The Hall–Kier alpha value is -1.88. The summed E-state index contributed by atoms with van der Waals surface area (Å²) in [5.41, 5.74) is 1.92. The van der Waals surface area contributed by atoms with Crippen LogP contribution < -0.4 is 0 Å². The largest absolute Gasteiger partial charge is 0.464 e. The van der Waals surface area contributed by atoms with E-state index >= 15 is 0 Å². The Bertz CT molecular complexity index is 566. The van der Waals surface area contributed by atoms with Crippen molar-refractivity contribution >= 4 is 17.6 Å². The summed E-state index contributed by atoms with van der Waals surface area (Å²) < 4.78 is 6.05. The maximum absolute atomic E-state index is 11.2. The zero-order valence-electron chi connectivity index (χ0n) is 9.35. The van der Waals surface area contributed by atoms with Crippen LogP contribution in [0.15, 0.2) is 24.4 Å². The first-order valence-electron chi connectivity index (χ1n) is 4.89. The van der Waals surface area contributed by atoms with Gasteiger partial charge in [0.25, 0.3) is 0 Å². The molecule has 0 saturated heterocycles. The first-order chi connectivity index (χ1) is 8.11. The zero-order chi connectivity index (χ0) is 12.4. The van der Waals surface area contributed by atoms with E-state index in [4.69, 9.17) is 11.6 Å². The molecule has 0 atom stereocenters. The topological polar surface area (TPSA) is 57.0 Å². The molecule has 5 nitrogen and oxygen atoms in total. The summed E-state index contributed by atoms with van der Waals surface area (Å²) in [4.78, 5) is 11.2. The summed E-state index contributed by atoms with van der Waals surface area (Å²) in [6, 6.07) is 5.42. The van der Waals surface area contributed by atoms with Gasteiger partial charge in [0.1, 0.15) is 0 Å². The number of carbonyl (C=O) groups is 1. The molecule has 17 heavy (non-hydrogen) atoms. The maximum atomic E-state index is 11.2. The third kappa shape index (κ3) is 2.29. The lowest BCUT2D eigenvalue weighted by Crippen LogP contribution is -2.01. The van der Waals surface area contributed by atoms with E-state index in [2.05, 4.69) is 15.0 Å². The third-order valence-corrected chi connectivity index (χ3v) is 2.54.